The van der Waals surface area contributed by atoms with Crippen LogP contribution in [0.2, 0.25) is 0 Å². The van der Waals surface area contributed by atoms with Gasteiger partial charge in [-0.1, -0.05) is 18.6 Å². The molecule has 0 aromatic carbocycles. The average molecular weight is 210 g/mol. The Kier molecular flexibility index (Phi) is 7.58. The fraction of sp³-hybridized carbons (Fsp3) is 0.846. The van der Waals surface area contributed by atoms with Crippen LogP contribution in [0.5, 0.6) is 0 Å². The van der Waals surface area contributed by atoms with E-state index in [1.54, 1.807) is 0 Å². The SMILES string of the molecule is CN1CCCCC/C=C\CCNCCC1. The van der Waals surface area contributed by atoms with Crippen molar-refractivity contribution in [2.24, 2.45) is 0 Å². The Morgan fingerprint density at radius 2 is 1.67 bits per heavy atom. The van der Waals surface area contributed by atoms with E-state index in [1.807, 2.05) is 0 Å². The summed E-state index contributed by atoms with van der Waals surface area (Å²) in [6, 6.07) is 0. The molecule has 1 N–H and O–H groups in total. The van der Waals surface area contributed by atoms with E-state index < -0.39 is 0 Å². The molecule has 0 unspecified atom stereocenters. The molecule has 0 bridgehead atoms. The minimum absolute atomic E-state index is 1.14. The van der Waals surface area contributed by atoms with Crippen LogP contribution in [-0.4, -0.2) is 38.1 Å². The first-order valence-corrected chi connectivity index (χ1v) is 6.44. The number of nitrogens with zero attached hydrogens (tertiary/aromatic N) is 1. The van der Waals surface area contributed by atoms with E-state index in [4.69, 9.17) is 0 Å². The minimum atomic E-state index is 1.14. The van der Waals surface area contributed by atoms with Gasteiger partial charge in [-0.25, -0.2) is 0 Å². The van der Waals surface area contributed by atoms with Gasteiger partial charge in [0.05, 0.1) is 0 Å². The van der Waals surface area contributed by atoms with Crippen molar-refractivity contribution in [3.63, 3.8) is 0 Å². The van der Waals surface area contributed by atoms with Gasteiger partial charge in [-0.15, -0.1) is 0 Å². The summed E-state index contributed by atoms with van der Waals surface area (Å²) in [5.41, 5.74) is 0. The van der Waals surface area contributed by atoms with Gasteiger partial charge in [0.2, 0.25) is 0 Å². The summed E-state index contributed by atoms with van der Waals surface area (Å²) in [6.45, 7) is 4.81. The molecule has 1 aliphatic heterocycles. The van der Waals surface area contributed by atoms with Crippen LogP contribution in [0.1, 0.15) is 38.5 Å². The molecule has 0 aromatic heterocycles. The molecule has 0 saturated heterocycles. The predicted molar refractivity (Wildman–Crippen MR) is 67.2 cm³/mol. The van der Waals surface area contributed by atoms with Crippen LogP contribution >= 0.6 is 0 Å². The monoisotopic (exact) mass is 210 g/mol. The zero-order valence-corrected chi connectivity index (χ0v) is 10.2. The Bertz CT molecular complexity index is 166. The Balaban J connectivity index is 2.18. The summed E-state index contributed by atoms with van der Waals surface area (Å²) < 4.78 is 0. The van der Waals surface area contributed by atoms with Gasteiger partial charge >= 0.3 is 0 Å². The second-order valence-corrected chi connectivity index (χ2v) is 4.52. The number of nitrogens with one attached hydrogen (secondary N) is 1. The van der Waals surface area contributed by atoms with Crippen molar-refractivity contribution < 1.29 is 0 Å². The zero-order valence-electron chi connectivity index (χ0n) is 10.2. The first-order valence-electron chi connectivity index (χ1n) is 6.44. The third-order valence-electron chi connectivity index (χ3n) is 2.96. The van der Waals surface area contributed by atoms with Crippen molar-refractivity contribution in [3.05, 3.63) is 12.2 Å². The summed E-state index contributed by atoms with van der Waals surface area (Å²) in [7, 11) is 2.24. The Hall–Kier alpha value is -0.340. The largest absolute Gasteiger partial charge is 0.316 e. The van der Waals surface area contributed by atoms with Gasteiger partial charge in [-0.05, 0) is 65.3 Å². The molecule has 1 rings (SSSR count). The Morgan fingerprint density at radius 1 is 0.867 bits per heavy atom. The molecule has 0 spiro atoms. The second-order valence-electron chi connectivity index (χ2n) is 4.52. The van der Waals surface area contributed by atoms with Crippen molar-refractivity contribution in [1.29, 1.82) is 0 Å². The Labute approximate surface area is 94.7 Å². The lowest BCUT2D eigenvalue weighted by Crippen LogP contribution is -2.25. The molecule has 88 valence electrons. The van der Waals surface area contributed by atoms with Crippen molar-refractivity contribution in [2.45, 2.75) is 38.5 Å². The van der Waals surface area contributed by atoms with Crippen LogP contribution < -0.4 is 5.32 Å². The van der Waals surface area contributed by atoms with Gasteiger partial charge in [-0.3, -0.25) is 0 Å². The van der Waals surface area contributed by atoms with E-state index in [-0.39, 0.29) is 0 Å². The van der Waals surface area contributed by atoms with Crippen LogP contribution in [-0.2, 0) is 0 Å². The molecule has 0 saturated carbocycles. The summed E-state index contributed by atoms with van der Waals surface area (Å²) in [5, 5.41) is 3.48. The van der Waals surface area contributed by atoms with Gasteiger partial charge in [0.15, 0.2) is 0 Å². The first-order chi connectivity index (χ1) is 7.39. The van der Waals surface area contributed by atoms with E-state index in [0.29, 0.717) is 0 Å². The molecule has 1 heterocycles. The molecular formula is C13H26N2. The molecule has 1 aliphatic rings. The van der Waals surface area contributed by atoms with E-state index >= 15 is 0 Å². The third-order valence-corrected chi connectivity index (χ3v) is 2.96. The fourth-order valence-electron chi connectivity index (χ4n) is 1.95. The summed E-state index contributed by atoms with van der Waals surface area (Å²) >= 11 is 0. The van der Waals surface area contributed by atoms with E-state index in [2.05, 4.69) is 29.4 Å². The summed E-state index contributed by atoms with van der Waals surface area (Å²) in [6.07, 6.45) is 12.5. The Morgan fingerprint density at radius 3 is 2.60 bits per heavy atom. The van der Waals surface area contributed by atoms with Crippen molar-refractivity contribution in [3.8, 4) is 0 Å². The maximum Gasteiger partial charge on any atom is -0.000969 e. The molecule has 0 radical (unpaired) electrons. The molecule has 2 nitrogen and oxygen atoms in total. The number of hydrogen-bond acceptors (Lipinski definition) is 2. The van der Waals surface area contributed by atoms with E-state index in [1.165, 1.54) is 51.6 Å². The summed E-state index contributed by atoms with van der Waals surface area (Å²) in [4.78, 5) is 2.46. The predicted octanol–water partition coefficient (Wildman–Crippen LogP) is 2.42. The smallest absolute Gasteiger partial charge is 0.000969 e. The third kappa shape index (κ3) is 7.57. The molecule has 2 heteroatoms. The highest BCUT2D eigenvalue weighted by Gasteiger charge is 1.98. The highest BCUT2D eigenvalue weighted by Crippen LogP contribution is 2.03. The van der Waals surface area contributed by atoms with Crippen LogP contribution in [0.4, 0.5) is 0 Å². The molecule has 0 aromatic rings. The van der Waals surface area contributed by atoms with Crippen LogP contribution in [0.15, 0.2) is 12.2 Å². The van der Waals surface area contributed by atoms with Gasteiger partial charge in [0, 0.05) is 0 Å². The van der Waals surface area contributed by atoms with Gasteiger partial charge in [0.1, 0.15) is 0 Å². The zero-order chi connectivity index (χ0) is 10.8. The maximum atomic E-state index is 3.48. The molecule has 0 atom stereocenters. The van der Waals surface area contributed by atoms with Crippen molar-refractivity contribution in [1.82, 2.24) is 10.2 Å². The topological polar surface area (TPSA) is 15.3 Å². The molecule has 15 heavy (non-hydrogen) atoms. The first kappa shape index (κ1) is 12.7. The van der Waals surface area contributed by atoms with E-state index in [0.717, 1.165) is 13.1 Å². The highest BCUT2D eigenvalue weighted by atomic mass is 15.1. The number of hydrogen-bond donors (Lipinski definition) is 1. The van der Waals surface area contributed by atoms with Crippen molar-refractivity contribution in [2.75, 3.05) is 33.2 Å². The molecule has 0 fully saturated rings. The fourth-order valence-corrected chi connectivity index (χ4v) is 1.95. The van der Waals surface area contributed by atoms with Crippen LogP contribution in [0, 0.1) is 0 Å². The van der Waals surface area contributed by atoms with Crippen molar-refractivity contribution >= 4 is 0 Å². The molecular weight excluding hydrogens is 184 g/mol. The normalized spacial score (nSPS) is 25.7. The summed E-state index contributed by atoms with van der Waals surface area (Å²) in [5.74, 6) is 0. The van der Waals surface area contributed by atoms with Crippen LogP contribution in [0.25, 0.3) is 0 Å². The average Bonchev–Trinajstić information content (AvgIpc) is 2.24. The quantitative estimate of drug-likeness (QED) is 0.618. The van der Waals surface area contributed by atoms with Crippen LogP contribution in [0.3, 0.4) is 0 Å². The van der Waals surface area contributed by atoms with Gasteiger partial charge < -0.3 is 10.2 Å². The minimum Gasteiger partial charge on any atom is -0.316 e. The lowest BCUT2D eigenvalue weighted by atomic mass is 10.1. The molecule has 0 amide bonds. The highest BCUT2D eigenvalue weighted by molar-refractivity contribution is 4.82. The molecule has 0 aliphatic carbocycles. The number of allylic oxidation sites excluding steroid dienone is 1. The van der Waals surface area contributed by atoms with Gasteiger partial charge in [-0.2, -0.15) is 0 Å². The standard InChI is InChI=1S/C13H26N2/c1-15-12-8-6-4-2-3-5-7-10-14-11-9-13-15/h3,5,14H,2,4,6-13H2,1H3/b5-3-. The lowest BCUT2D eigenvalue weighted by molar-refractivity contribution is 0.318. The number of rotatable bonds is 0. The lowest BCUT2D eigenvalue weighted by Gasteiger charge is -2.16. The maximum absolute atomic E-state index is 3.48. The van der Waals surface area contributed by atoms with Gasteiger partial charge in [0.25, 0.3) is 0 Å². The van der Waals surface area contributed by atoms with E-state index in [9.17, 15) is 0 Å². The second kappa shape index (κ2) is 8.93.